The van der Waals surface area contributed by atoms with Crippen molar-refractivity contribution < 1.29 is 5.11 Å². The van der Waals surface area contributed by atoms with E-state index in [0.717, 1.165) is 22.2 Å². The van der Waals surface area contributed by atoms with Crippen LogP contribution in [-0.2, 0) is 0 Å². The Morgan fingerprint density at radius 2 is 1.52 bits per heavy atom. The molecule has 2 unspecified atom stereocenters. The molecular formula is C21H18N4OS. The minimum absolute atomic E-state index is 0.537. The summed E-state index contributed by atoms with van der Waals surface area (Å²) in [5, 5.41) is 22.9. The number of hydrogen-bond acceptors (Lipinski definition) is 4. The summed E-state index contributed by atoms with van der Waals surface area (Å²) in [4.78, 5) is 0.537. The number of thiocarbonyl (C=S) groups is 1. The lowest BCUT2D eigenvalue weighted by Gasteiger charge is -2.26. The van der Waals surface area contributed by atoms with E-state index in [2.05, 4.69) is 15.6 Å². The minimum atomic E-state index is -0.863. The fourth-order valence-corrected chi connectivity index (χ4v) is 3.26. The molecular weight excluding hydrogens is 356 g/mol. The smallest absolute Gasteiger partial charge is 0.154 e. The van der Waals surface area contributed by atoms with Crippen LogP contribution >= 0.6 is 12.2 Å². The summed E-state index contributed by atoms with van der Waals surface area (Å²) < 4.78 is 1.68. The number of nitrogens with one attached hydrogen (secondary N) is 1. The van der Waals surface area contributed by atoms with E-state index < -0.39 is 12.3 Å². The lowest BCUT2D eigenvalue weighted by atomic mass is 10.1. The zero-order valence-corrected chi connectivity index (χ0v) is 15.3. The third-order valence-corrected chi connectivity index (χ3v) is 4.75. The van der Waals surface area contributed by atoms with Gasteiger partial charge in [0.1, 0.15) is 16.6 Å². The first-order chi connectivity index (χ1) is 13.2. The Morgan fingerprint density at radius 3 is 2.26 bits per heavy atom. The Bertz CT molecular complexity index is 1050. The van der Waals surface area contributed by atoms with Gasteiger partial charge in [0.25, 0.3) is 0 Å². The maximum absolute atomic E-state index is 11.1. The Kier molecular flexibility index (Phi) is 4.91. The molecule has 0 saturated carbocycles. The normalized spacial score (nSPS) is 13.2. The number of rotatable bonds is 5. The van der Waals surface area contributed by atoms with Crippen LogP contribution in [0.4, 0.5) is 0 Å². The fourth-order valence-electron chi connectivity index (χ4n) is 3.01. The molecule has 3 aromatic carbocycles. The molecule has 0 spiro atoms. The van der Waals surface area contributed by atoms with Gasteiger partial charge in [0, 0.05) is 5.56 Å². The highest BCUT2D eigenvalue weighted by Gasteiger charge is 2.26. The number of aromatic nitrogens is 3. The van der Waals surface area contributed by atoms with Crippen molar-refractivity contribution in [3.63, 3.8) is 0 Å². The van der Waals surface area contributed by atoms with E-state index in [1.165, 1.54) is 0 Å². The van der Waals surface area contributed by atoms with E-state index >= 15 is 0 Å². The van der Waals surface area contributed by atoms with Crippen LogP contribution < -0.4 is 5.32 Å². The van der Waals surface area contributed by atoms with E-state index in [9.17, 15) is 5.11 Å². The Labute approximate surface area is 162 Å². The van der Waals surface area contributed by atoms with Gasteiger partial charge in [-0.25, -0.2) is 4.68 Å². The van der Waals surface area contributed by atoms with Crippen LogP contribution in [0.1, 0.15) is 23.4 Å². The molecule has 4 aromatic rings. The van der Waals surface area contributed by atoms with E-state index in [1.54, 1.807) is 4.68 Å². The van der Waals surface area contributed by atoms with Gasteiger partial charge in [0.15, 0.2) is 6.17 Å². The van der Waals surface area contributed by atoms with Gasteiger partial charge in [0.05, 0.1) is 5.52 Å². The molecule has 0 radical (unpaired) electrons. The number of fused-ring (bicyclic) bond motifs is 1. The number of hydrogen-bond donors (Lipinski definition) is 2. The molecule has 4 rings (SSSR count). The number of nitrogens with zero attached hydrogens (tertiary/aromatic N) is 3. The molecule has 1 heterocycles. The van der Waals surface area contributed by atoms with Crippen LogP contribution in [0.15, 0.2) is 84.9 Å². The van der Waals surface area contributed by atoms with Crippen molar-refractivity contribution in [1.82, 2.24) is 20.3 Å². The van der Waals surface area contributed by atoms with E-state index in [-0.39, 0.29) is 0 Å². The first kappa shape index (κ1) is 17.3. The van der Waals surface area contributed by atoms with Gasteiger partial charge in [-0.2, -0.15) is 0 Å². The lowest BCUT2D eigenvalue weighted by molar-refractivity contribution is 0.0996. The molecule has 0 amide bonds. The van der Waals surface area contributed by atoms with Crippen LogP contribution in [0.2, 0.25) is 0 Å². The largest absolute Gasteiger partial charge is 0.384 e. The van der Waals surface area contributed by atoms with Gasteiger partial charge in [-0.05, 0) is 17.7 Å². The molecule has 0 fully saturated rings. The second-order valence-electron chi connectivity index (χ2n) is 6.16. The quantitative estimate of drug-likeness (QED) is 0.522. The third-order valence-electron chi connectivity index (χ3n) is 4.40. The second kappa shape index (κ2) is 7.65. The van der Waals surface area contributed by atoms with Crippen molar-refractivity contribution >= 4 is 28.2 Å². The minimum Gasteiger partial charge on any atom is -0.384 e. The molecule has 2 N–H and O–H groups in total. The molecule has 134 valence electrons. The second-order valence-corrected chi connectivity index (χ2v) is 6.57. The molecule has 27 heavy (non-hydrogen) atoms. The van der Waals surface area contributed by atoms with Gasteiger partial charge in [-0.1, -0.05) is 90.2 Å². The molecule has 0 bridgehead atoms. The highest BCUT2D eigenvalue weighted by molar-refractivity contribution is 7.80. The standard InChI is InChI=1S/C21H18N4OS/c26-19(15-9-3-1-4-10-15)20(22-21(27)16-11-5-2-6-12-16)25-18-14-8-7-13-17(18)23-24-25/h1-14,19-20,26H,(H,22,27). The van der Waals surface area contributed by atoms with Crippen molar-refractivity contribution in [2.45, 2.75) is 12.3 Å². The number of aliphatic hydroxyl groups excluding tert-OH is 1. The molecule has 5 nitrogen and oxygen atoms in total. The van der Waals surface area contributed by atoms with E-state index in [4.69, 9.17) is 12.2 Å². The Hall–Kier alpha value is -3.09. The molecule has 0 saturated heterocycles. The predicted molar refractivity (Wildman–Crippen MR) is 109 cm³/mol. The van der Waals surface area contributed by atoms with Crippen LogP contribution in [-0.4, -0.2) is 25.1 Å². The molecule has 6 heteroatoms. The van der Waals surface area contributed by atoms with Crippen molar-refractivity contribution in [3.8, 4) is 0 Å². The molecule has 2 atom stereocenters. The fraction of sp³-hybridized carbons (Fsp3) is 0.0952. The first-order valence-electron chi connectivity index (χ1n) is 8.63. The molecule has 0 aliphatic carbocycles. The topological polar surface area (TPSA) is 63.0 Å². The average molecular weight is 374 g/mol. The van der Waals surface area contributed by atoms with Crippen molar-refractivity contribution in [2.24, 2.45) is 0 Å². The van der Waals surface area contributed by atoms with Crippen LogP contribution in [0, 0.1) is 0 Å². The molecule has 0 aliphatic rings. The summed E-state index contributed by atoms with van der Waals surface area (Å²) in [5.41, 5.74) is 3.23. The van der Waals surface area contributed by atoms with Crippen LogP contribution in [0.5, 0.6) is 0 Å². The zero-order chi connectivity index (χ0) is 18.6. The first-order valence-corrected chi connectivity index (χ1v) is 9.04. The Morgan fingerprint density at radius 1 is 0.889 bits per heavy atom. The van der Waals surface area contributed by atoms with E-state index in [1.807, 2.05) is 84.9 Å². The van der Waals surface area contributed by atoms with Gasteiger partial charge in [0.2, 0.25) is 0 Å². The van der Waals surface area contributed by atoms with Gasteiger partial charge >= 0.3 is 0 Å². The number of benzene rings is 3. The van der Waals surface area contributed by atoms with Crippen molar-refractivity contribution in [2.75, 3.05) is 0 Å². The summed E-state index contributed by atoms with van der Waals surface area (Å²) >= 11 is 5.58. The van der Waals surface area contributed by atoms with Gasteiger partial charge in [-0.3, -0.25) is 0 Å². The average Bonchev–Trinajstić information content (AvgIpc) is 3.16. The monoisotopic (exact) mass is 374 g/mol. The zero-order valence-electron chi connectivity index (χ0n) is 14.4. The highest BCUT2D eigenvalue weighted by atomic mass is 32.1. The summed E-state index contributed by atoms with van der Waals surface area (Å²) in [5.74, 6) is 0. The van der Waals surface area contributed by atoms with Gasteiger partial charge < -0.3 is 10.4 Å². The maximum atomic E-state index is 11.1. The number of para-hydroxylation sites is 1. The SMILES string of the molecule is OC(c1ccccc1)C(NC(=S)c1ccccc1)n1nnc2ccccc21. The third kappa shape index (κ3) is 3.58. The van der Waals surface area contributed by atoms with Crippen LogP contribution in [0.25, 0.3) is 11.0 Å². The summed E-state index contributed by atoms with van der Waals surface area (Å²) in [7, 11) is 0. The maximum Gasteiger partial charge on any atom is 0.154 e. The highest BCUT2D eigenvalue weighted by Crippen LogP contribution is 2.27. The molecule has 0 aliphatic heterocycles. The van der Waals surface area contributed by atoms with Crippen molar-refractivity contribution in [1.29, 1.82) is 0 Å². The summed E-state index contributed by atoms with van der Waals surface area (Å²) in [6, 6.07) is 26.8. The molecule has 1 aromatic heterocycles. The van der Waals surface area contributed by atoms with Crippen molar-refractivity contribution in [3.05, 3.63) is 96.1 Å². The summed E-state index contributed by atoms with van der Waals surface area (Å²) in [6.45, 7) is 0. The predicted octanol–water partition coefficient (Wildman–Crippen LogP) is 3.63. The number of aliphatic hydroxyl groups is 1. The van der Waals surface area contributed by atoms with Crippen LogP contribution in [0.3, 0.4) is 0 Å². The summed E-state index contributed by atoms with van der Waals surface area (Å²) in [6.07, 6.45) is -1.47. The lowest BCUT2D eigenvalue weighted by Crippen LogP contribution is -2.36. The van der Waals surface area contributed by atoms with Gasteiger partial charge in [-0.15, -0.1) is 5.10 Å². The Balaban J connectivity index is 1.74. The van der Waals surface area contributed by atoms with E-state index in [0.29, 0.717) is 4.99 Å².